The van der Waals surface area contributed by atoms with E-state index < -0.39 is 0 Å². The molecule has 27 heavy (non-hydrogen) atoms. The van der Waals surface area contributed by atoms with Crippen LogP contribution in [-0.4, -0.2) is 29.4 Å². The monoisotopic (exact) mass is 384 g/mol. The number of para-hydroxylation sites is 1. The smallest absolute Gasteiger partial charge is 0.262 e. The van der Waals surface area contributed by atoms with Crippen molar-refractivity contribution in [1.82, 2.24) is 29.4 Å². The van der Waals surface area contributed by atoms with Gasteiger partial charge in [-0.25, -0.2) is 0 Å². The van der Waals surface area contributed by atoms with E-state index in [1.54, 1.807) is 11.5 Å². The number of aryl methyl sites for hydroxylation is 2. The van der Waals surface area contributed by atoms with Gasteiger partial charge in [0.1, 0.15) is 0 Å². The zero-order valence-electron chi connectivity index (χ0n) is 15.3. The molecular formula is C18H20N6O2S. The van der Waals surface area contributed by atoms with Gasteiger partial charge in [-0.05, 0) is 18.6 Å². The van der Waals surface area contributed by atoms with Gasteiger partial charge in [-0.3, -0.25) is 13.8 Å². The maximum atomic E-state index is 13.0. The van der Waals surface area contributed by atoms with Crippen LogP contribution in [0, 0.1) is 6.92 Å². The Kier molecular flexibility index (Phi) is 4.93. The van der Waals surface area contributed by atoms with Gasteiger partial charge in [-0.2, -0.15) is 0 Å². The minimum Gasteiger partial charge on any atom is -0.425 e. The highest BCUT2D eigenvalue weighted by Crippen LogP contribution is 2.24. The van der Waals surface area contributed by atoms with Crippen LogP contribution in [0.3, 0.4) is 0 Å². The number of hydrogen-bond donors (Lipinski definition) is 0. The van der Waals surface area contributed by atoms with Crippen LogP contribution in [-0.2, 0) is 12.3 Å². The third kappa shape index (κ3) is 3.34. The fourth-order valence-corrected chi connectivity index (χ4v) is 3.85. The molecule has 3 aromatic heterocycles. The lowest BCUT2D eigenvalue weighted by Gasteiger charge is -2.10. The van der Waals surface area contributed by atoms with Crippen molar-refractivity contribution in [2.75, 3.05) is 0 Å². The van der Waals surface area contributed by atoms with Crippen LogP contribution in [0.1, 0.15) is 38.0 Å². The third-order valence-corrected chi connectivity index (χ3v) is 5.27. The highest BCUT2D eigenvalue weighted by molar-refractivity contribution is 7.98. The Morgan fingerprint density at radius 1 is 1.11 bits per heavy atom. The summed E-state index contributed by atoms with van der Waals surface area (Å²) in [4.78, 5) is 13.0. The van der Waals surface area contributed by atoms with E-state index >= 15 is 0 Å². The van der Waals surface area contributed by atoms with Crippen molar-refractivity contribution in [2.24, 2.45) is 0 Å². The summed E-state index contributed by atoms with van der Waals surface area (Å²) in [6, 6.07) is 7.57. The van der Waals surface area contributed by atoms with Crippen LogP contribution in [0.2, 0.25) is 0 Å². The summed E-state index contributed by atoms with van der Waals surface area (Å²) in [5.74, 6) is 2.13. The van der Waals surface area contributed by atoms with Crippen LogP contribution in [0.25, 0.3) is 16.7 Å². The van der Waals surface area contributed by atoms with Gasteiger partial charge in [-0.15, -0.1) is 20.4 Å². The van der Waals surface area contributed by atoms with Crippen molar-refractivity contribution in [3.05, 3.63) is 46.4 Å². The molecule has 4 rings (SSSR count). The van der Waals surface area contributed by atoms with Gasteiger partial charge in [0.25, 0.3) is 5.56 Å². The first kappa shape index (κ1) is 17.7. The minimum atomic E-state index is -0.0225. The first-order valence-corrected chi connectivity index (χ1v) is 9.96. The summed E-state index contributed by atoms with van der Waals surface area (Å²) in [7, 11) is 0. The third-order valence-electron chi connectivity index (χ3n) is 4.36. The molecule has 0 amide bonds. The molecule has 0 fully saturated rings. The predicted octanol–water partition coefficient (Wildman–Crippen LogP) is 3.22. The van der Waals surface area contributed by atoms with Gasteiger partial charge in [0, 0.05) is 13.5 Å². The SMILES string of the molecule is CCCCCn1c(=O)c2ccccc2n2c(SCc3nnc(C)o3)nnc12. The standard InChI is InChI=1S/C18H20N6O2S/c1-3-4-7-10-23-16(25)13-8-5-6-9-14(13)24-17(23)21-22-18(24)27-11-15-20-19-12(2)26-15/h5-6,8-9H,3-4,7,10-11H2,1-2H3. The number of unbranched alkanes of at least 4 members (excludes halogenated alkanes) is 2. The van der Waals surface area contributed by atoms with Crippen LogP contribution in [0.5, 0.6) is 0 Å². The highest BCUT2D eigenvalue weighted by Gasteiger charge is 2.17. The number of nitrogens with zero attached hydrogens (tertiary/aromatic N) is 6. The molecule has 1 aromatic carbocycles. The summed E-state index contributed by atoms with van der Waals surface area (Å²) >= 11 is 1.46. The second-order valence-electron chi connectivity index (χ2n) is 6.30. The van der Waals surface area contributed by atoms with Crippen LogP contribution in [0.4, 0.5) is 0 Å². The molecule has 0 atom stereocenters. The Morgan fingerprint density at radius 2 is 1.96 bits per heavy atom. The second-order valence-corrected chi connectivity index (χ2v) is 7.25. The van der Waals surface area contributed by atoms with Gasteiger partial charge in [0.05, 0.1) is 16.7 Å². The van der Waals surface area contributed by atoms with Gasteiger partial charge in [0.15, 0.2) is 5.16 Å². The Hall–Kier alpha value is -2.68. The summed E-state index contributed by atoms with van der Waals surface area (Å²) in [5, 5.41) is 17.9. The van der Waals surface area contributed by atoms with E-state index in [2.05, 4.69) is 27.3 Å². The second kappa shape index (κ2) is 7.51. The van der Waals surface area contributed by atoms with Crippen LogP contribution < -0.4 is 5.56 Å². The molecule has 0 bridgehead atoms. The molecule has 0 N–H and O–H groups in total. The molecule has 0 aliphatic heterocycles. The molecule has 0 aliphatic carbocycles. The van der Waals surface area contributed by atoms with Gasteiger partial charge >= 0.3 is 0 Å². The van der Waals surface area contributed by atoms with E-state index in [1.807, 2.05) is 28.7 Å². The molecule has 140 valence electrons. The lowest BCUT2D eigenvalue weighted by molar-refractivity contribution is 0.485. The number of benzene rings is 1. The van der Waals surface area contributed by atoms with Crippen LogP contribution >= 0.6 is 11.8 Å². The minimum absolute atomic E-state index is 0.0225. The average molecular weight is 384 g/mol. The summed E-state index contributed by atoms with van der Waals surface area (Å²) in [6.07, 6.45) is 3.09. The summed E-state index contributed by atoms with van der Waals surface area (Å²) < 4.78 is 9.10. The maximum absolute atomic E-state index is 13.0. The van der Waals surface area contributed by atoms with Crippen molar-refractivity contribution in [3.63, 3.8) is 0 Å². The molecule has 4 aromatic rings. The number of fused-ring (bicyclic) bond motifs is 3. The van der Waals surface area contributed by atoms with Crippen molar-refractivity contribution in [3.8, 4) is 0 Å². The zero-order valence-corrected chi connectivity index (χ0v) is 16.1. The lowest BCUT2D eigenvalue weighted by atomic mass is 10.2. The fourth-order valence-electron chi connectivity index (χ4n) is 3.07. The van der Waals surface area contributed by atoms with Crippen molar-refractivity contribution >= 4 is 28.4 Å². The summed E-state index contributed by atoms with van der Waals surface area (Å²) in [6.45, 7) is 4.53. The van der Waals surface area contributed by atoms with E-state index in [0.717, 1.165) is 24.8 Å². The Labute approximate surface area is 159 Å². The van der Waals surface area contributed by atoms with E-state index in [0.29, 0.717) is 40.4 Å². The largest absolute Gasteiger partial charge is 0.425 e. The topological polar surface area (TPSA) is 91.1 Å². The fraction of sp³-hybridized carbons (Fsp3) is 0.389. The molecule has 0 saturated heterocycles. The molecule has 0 saturated carbocycles. The molecule has 9 heteroatoms. The van der Waals surface area contributed by atoms with Gasteiger partial charge in [0.2, 0.25) is 17.6 Å². The molecule has 3 heterocycles. The Bertz CT molecular complexity index is 1150. The predicted molar refractivity (Wildman–Crippen MR) is 103 cm³/mol. The number of thioether (sulfide) groups is 1. The van der Waals surface area contributed by atoms with E-state index in [9.17, 15) is 4.79 Å². The number of hydrogen-bond acceptors (Lipinski definition) is 7. The van der Waals surface area contributed by atoms with Gasteiger partial charge < -0.3 is 4.42 Å². The zero-order chi connectivity index (χ0) is 18.8. The van der Waals surface area contributed by atoms with E-state index in [-0.39, 0.29) is 5.56 Å². The normalized spacial score (nSPS) is 11.6. The maximum Gasteiger partial charge on any atom is 0.262 e. The Morgan fingerprint density at radius 3 is 2.74 bits per heavy atom. The van der Waals surface area contributed by atoms with Crippen molar-refractivity contribution in [1.29, 1.82) is 0 Å². The van der Waals surface area contributed by atoms with E-state index in [4.69, 9.17) is 4.42 Å². The molecule has 8 nitrogen and oxygen atoms in total. The first-order chi connectivity index (χ1) is 13.2. The molecule has 0 radical (unpaired) electrons. The number of aromatic nitrogens is 6. The highest BCUT2D eigenvalue weighted by atomic mass is 32.2. The van der Waals surface area contributed by atoms with Crippen molar-refractivity contribution in [2.45, 2.75) is 50.6 Å². The van der Waals surface area contributed by atoms with E-state index in [1.165, 1.54) is 11.8 Å². The summed E-state index contributed by atoms with van der Waals surface area (Å²) in [5.41, 5.74) is 0.782. The quantitative estimate of drug-likeness (QED) is 0.357. The number of rotatable bonds is 7. The average Bonchev–Trinajstić information content (AvgIpc) is 3.29. The Balaban J connectivity index is 1.80. The van der Waals surface area contributed by atoms with Crippen LogP contribution in [0.15, 0.2) is 38.6 Å². The molecule has 0 spiro atoms. The van der Waals surface area contributed by atoms with Crippen molar-refractivity contribution < 1.29 is 4.42 Å². The first-order valence-electron chi connectivity index (χ1n) is 8.97. The molecule has 0 unspecified atom stereocenters. The lowest BCUT2D eigenvalue weighted by Crippen LogP contribution is -2.23. The molecule has 0 aliphatic rings. The van der Waals surface area contributed by atoms with Gasteiger partial charge in [-0.1, -0.05) is 43.7 Å². The molecular weight excluding hydrogens is 364 g/mol.